The molecular formula is C11H13F3N2O2. The molecule has 0 aliphatic rings. The van der Waals surface area contributed by atoms with Crippen LogP contribution in [0.4, 0.5) is 13.2 Å². The first-order valence-electron chi connectivity index (χ1n) is 5.29. The summed E-state index contributed by atoms with van der Waals surface area (Å²) in [6.45, 7) is 1.61. The fraction of sp³-hybridized carbons (Fsp3) is 0.455. The van der Waals surface area contributed by atoms with E-state index in [9.17, 15) is 18.0 Å². The Balaban J connectivity index is 2.71. The summed E-state index contributed by atoms with van der Waals surface area (Å²) < 4.78 is 36.7. The summed E-state index contributed by atoms with van der Waals surface area (Å²) in [5.41, 5.74) is -0.991. The number of pyridine rings is 1. The van der Waals surface area contributed by atoms with Gasteiger partial charge in [0.2, 0.25) is 0 Å². The topological polar surface area (TPSA) is 62.2 Å². The summed E-state index contributed by atoms with van der Waals surface area (Å²) in [5.74, 6) is -0.517. The third-order valence-corrected chi connectivity index (χ3v) is 2.26. The van der Waals surface area contributed by atoms with Gasteiger partial charge in [0.15, 0.2) is 0 Å². The maximum Gasteiger partial charge on any atom is 0.433 e. The van der Waals surface area contributed by atoms with Gasteiger partial charge in [-0.3, -0.25) is 9.78 Å². The lowest BCUT2D eigenvalue weighted by Crippen LogP contribution is -2.33. The van der Waals surface area contributed by atoms with Crippen molar-refractivity contribution in [1.82, 2.24) is 10.3 Å². The highest BCUT2D eigenvalue weighted by atomic mass is 19.4. The molecule has 0 spiro atoms. The van der Waals surface area contributed by atoms with E-state index < -0.39 is 17.8 Å². The molecule has 2 N–H and O–H groups in total. The molecule has 1 atom stereocenters. The Morgan fingerprint density at radius 3 is 2.61 bits per heavy atom. The second kappa shape index (κ2) is 5.81. The quantitative estimate of drug-likeness (QED) is 0.866. The number of halogens is 3. The lowest BCUT2D eigenvalue weighted by atomic mass is 10.2. The van der Waals surface area contributed by atoms with Gasteiger partial charge in [-0.05, 0) is 25.5 Å². The van der Waals surface area contributed by atoms with Gasteiger partial charge in [0.1, 0.15) is 5.69 Å². The highest BCUT2D eigenvalue weighted by molar-refractivity contribution is 5.94. The number of hydrogen-bond donors (Lipinski definition) is 2. The van der Waals surface area contributed by atoms with E-state index >= 15 is 0 Å². The van der Waals surface area contributed by atoms with Crippen molar-refractivity contribution >= 4 is 5.91 Å². The number of carbonyl (C=O) groups is 1. The van der Waals surface area contributed by atoms with Gasteiger partial charge in [-0.15, -0.1) is 0 Å². The van der Waals surface area contributed by atoms with E-state index in [2.05, 4.69) is 10.3 Å². The van der Waals surface area contributed by atoms with Crippen LogP contribution in [0, 0.1) is 0 Å². The molecule has 0 fully saturated rings. The number of hydrogen-bond acceptors (Lipinski definition) is 3. The Labute approximate surface area is 102 Å². The Morgan fingerprint density at radius 1 is 1.50 bits per heavy atom. The van der Waals surface area contributed by atoms with E-state index in [4.69, 9.17) is 5.11 Å². The molecular weight excluding hydrogens is 249 g/mol. The van der Waals surface area contributed by atoms with Crippen LogP contribution in [0.2, 0.25) is 0 Å². The molecule has 4 nitrogen and oxygen atoms in total. The molecule has 1 rings (SSSR count). The Bertz CT molecular complexity index is 404. The Kier molecular flexibility index (Phi) is 4.66. The lowest BCUT2D eigenvalue weighted by Gasteiger charge is -2.12. The molecule has 0 saturated carbocycles. The van der Waals surface area contributed by atoms with Gasteiger partial charge >= 0.3 is 6.18 Å². The average Bonchev–Trinajstić information content (AvgIpc) is 2.28. The van der Waals surface area contributed by atoms with E-state index in [-0.39, 0.29) is 18.2 Å². The molecule has 1 unspecified atom stereocenters. The van der Waals surface area contributed by atoms with Gasteiger partial charge < -0.3 is 10.4 Å². The van der Waals surface area contributed by atoms with E-state index in [1.165, 1.54) is 0 Å². The van der Waals surface area contributed by atoms with Gasteiger partial charge in [0.05, 0.1) is 5.56 Å². The van der Waals surface area contributed by atoms with Crippen LogP contribution in [0.25, 0.3) is 0 Å². The predicted octanol–water partition coefficient (Wildman–Crippen LogP) is 1.60. The standard InChI is InChI=1S/C11H13F3N2O2/c1-7(4-5-17)16-10(18)8-2-3-9(15-6-8)11(12,13)14/h2-3,6-7,17H,4-5H2,1H3,(H,16,18). The molecule has 1 aromatic rings. The van der Waals surface area contributed by atoms with E-state index in [1.54, 1.807) is 6.92 Å². The van der Waals surface area contributed by atoms with Crippen molar-refractivity contribution in [2.45, 2.75) is 25.6 Å². The van der Waals surface area contributed by atoms with Gasteiger partial charge in [0, 0.05) is 18.8 Å². The number of amides is 1. The summed E-state index contributed by atoms with van der Waals surface area (Å²) in [6.07, 6.45) is -3.26. The van der Waals surface area contributed by atoms with Gasteiger partial charge in [-0.1, -0.05) is 0 Å². The lowest BCUT2D eigenvalue weighted by molar-refractivity contribution is -0.141. The molecule has 0 saturated heterocycles. The zero-order valence-corrected chi connectivity index (χ0v) is 9.66. The van der Waals surface area contributed by atoms with Crippen molar-refractivity contribution in [3.05, 3.63) is 29.6 Å². The second-order valence-electron chi connectivity index (χ2n) is 3.82. The molecule has 18 heavy (non-hydrogen) atoms. The zero-order chi connectivity index (χ0) is 13.8. The Morgan fingerprint density at radius 2 is 2.17 bits per heavy atom. The normalized spacial score (nSPS) is 13.2. The smallest absolute Gasteiger partial charge is 0.396 e. The summed E-state index contributed by atoms with van der Waals surface area (Å²) in [6, 6.07) is 1.56. The van der Waals surface area contributed by atoms with E-state index in [1.807, 2.05) is 0 Å². The van der Waals surface area contributed by atoms with Crippen LogP contribution in [-0.4, -0.2) is 28.6 Å². The molecule has 0 radical (unpaired) electrons. The van der Waals surface area contributed by atoms with Gasteiger partial charge in [-0.25, -0.2) is 0 Å². The second-order valence-corrected chi connectivity index (χ2v) is 3.82. The fourth-order valence-electron chi connectivity index (χ4n) is 1.27. The third-order valence-electron chi connectivity index (χ3n) is 2.26. The first-order valence-corrected chi connectivity index (χ1v) is 5.29. The molecule has 1 heterocycles. The van der Waals surface area contributed by atoms with Crippen LogP contribution in [0.1, 0.15) is 29.4 Å². The van der Waals surface area contributed by atoms with Crippen LogP contribution in [-0.2, 0) is 6.18 Å². The maximum absolute atomic E-state index is 12.2. The number of aliphatic hydroxyl groups excluding tert-OH is 1. The molecule has 7 heteroatoms. The first kappa shape index (κ1) is 14.4. The maximum atomic E-state index is 12.2. The highest BCUT2D eigenvalue weighted by Crippen LogP contribution is 2.27. The molecule has 0 aromatic carbocycles. The largest absolute Gasteiger partial charge is 0.433 e. The minimum absolute atomic E-state index is 0.0489. The molecule has 100 valence electrons. The van der Waals surface area contributed by atoms with Crippen LogP contribution in [0.15, 0.2) is 18.3 Å². The van der Waals surface area contributed by atoms with Crippen molar-refractivity contribution in [2.24, 2.45) is 0 Å². The van der Waals surface area contributed by atoms with Crippen molar-refractivity contribution in [3.63, 3.8) is 0 Å². The highest BCUT2D eigenvalue weighted by Gasteiger charge is 2.32. The summed E-state index contributed by atoms with van der Waals surface area (Å²) in [4.78, 5) is 14.8. The number of nitrogens with one attached hydrogen (secondary N) is 1. The minimum atomic E-state index is -4.51. The SMILES string of the molecule is CC(CCO)NC(=O)c1ccc(C(F)(F)F)nc1. The summed E-state index contributed by atoms with van der Waals surface area (Å²) >= 11 is 0. The van der Waals surface area contributed by atoms with Crippen molar-refractivity contribution in [3.8, 4) is 0 Å². The minimum Gasteiger partial charge on any atom is -0.396 e. The van der Waals surface area contributed by atoms with Crippen LogP contribution in [0.3, 0.4) is 0 Å². The number of nitrogens with zero attached hydrogens (tertiary/aromatic N) is 1. The number of aromatic nitrogens is 1. The monoisotopic (exact) mass is 262 g/mol. The number of aliphatic hydroxyl groups is 1. The molecule has 0 aliphatic carbocycles. The number of alkyl halides is 3. The molecule has 0 aliphatic heterocycles. The van der Waals surface area contributed by atoms with Crippen LogP contribution in [0.5, 0.6) is 0 Å². The molecule has 1 aromatic heterocycles. The number of carbonyl (C=O) groups excluding carboxylic acids is 1. The number of rotatable bonds is 4. The van der Waals surface area contributed by atoms with Crippen molar-refractivity contribution < 1.29 is 23.1 Å². The van der Waals surface area contributed by atoms with Crippen molar-refractivity contribution in [1.29, 1.82) is 0 Å². The van der Waals surface area contributed by atoms with Crippen LogP contribution < -0.4 is 5.32 Å². The van der Waals surface area contributed by atoms with E-state index in [0.29, 0.717) is 6.42 Å². The van der Waals surface area contributed by atoms with Gasteiger partial charge in [0.25, 0.3) is 5.91 Å². The zero-order valence-electron chi connectivity index (χ0n) is 9.66. The molecule has 0 bridgehead atoms. The van der Waals surface area contributed by atoms with E-state index in [0.717, 1.165) is 18.3 Å². The molecule has 1 amide bonds. The first-order chi connectivity index (χ1) is 8.34. The summed E-state index contributed by atoms with van der Waals surface area (Å²) in [7, 11) is 0. The van der Waals surface area contributed by atoms with Crippen LogP contribution >= 0.6 is 0 Å². The third kappa shape index (κ3) is 3.99. The predicted molar refractivity (Wildman–Crippen MR) is 57.9 cm³/mol. The fourth-order valence-corrected chi connectivity index (χ4v) is 1.27. The summed E-state index contributed by atoms with van der Waals surface area (Å²) in [5, 5.41) is 11.2. The van der Waals surface area contributed by atoms with Gasteiger partial charge in [-0.2, -0.15) is 13.2 Å². The Hall–Kier alpha value is -1.63. The average molecular weight is 262 g/mol. The van der Waals surface area contributed by atoms with Crippen molar-refractivity contribution in [2.75, 3.05) is 6.61 Å².